The number of imidazole rings is 1. The molecule has 338 valence electrons. The standard InChI is InChI=1S/C43H49Cl2F3N8O7/c1-23-18-31(56(22-23)39(58)35(54-41(60)61-5)26-12-16-62-17-13-26)37-53-34(36(45)55-37)25-8-6-24(7-9-25)28-19-30(44)29(20-32(28)63-43(46,47)48)38(57)52-27-10-11-33(51-21-27)49-14-15-50-40(59)42(2,3)4/h6-11,19-21,23,26,31,35H,12-18,22H2,1-5H3,(H,49,51)(H,50,59)(H,52,57)(H,53,55)(H,54,60)/t23-,31-,35-/m0/s1. The maximum atomic E-state index is 14.1. The van der Waals surface area contributed by atoms with E-state index in [-0.39, 0.29) is 56.2 Å². The van der Waals surface area contributed by atoms with Crippen LogP contribution in [0.5, 0.6) is 5.75 Å². The van der Waals surface area contributed by atoms with Gasteiger partial charge in [0.05, 0.1) is 35.6 Å². The predicted molar refractivity (Wildman–Crippen MR) is 230 cm³/mol. The molecule has 5 N–H and O–H groups in total. The van der Waals surface area contributed by atoms with Crippen molar-refractivity contribution in [2.24, 2.45) is 17.3 Å². The zero-order chi connectivity index (χ0) is 45.6. The first-order chi connectivity index (χ1) is 29.8. The molecule has 2 saturated heterocycles. The van der Waals surface area contributed by atoms with Crippen LogP contribution in [0.3, 0.4) is 0 Å². The fraction of sp³-hybridized carbons (Fsp3) is 0.442. The number of amides is 4. The van der Waals surface area contributed by atoms with Gasteiger partial charge in [0, 0.05) is 49.4 Å². The highest BCUT2D eigenvalue weighted by Gasteiger charge is 2.42. The molecule has 2 fully saturated rings. The van der Waals surface area contributed by atoms with Crippen LogP contribution in [0, 0.1) is 17.3 Å². The van der Waals surface area contributed by atoms with Crippen molar-refractivity contribution in [3.63, 3.8) is 0 Å². The highest BCUT2D eigenvalue weighted by molar-refractivity contribution is 6.35. The van der Waals surface area contributed by atoms with Gasteiger partial charge >= 0.3 is 12.5 Å². The summed E-state index contributed by atoms with van der Waals surface area (Å²) in [5.74, 6) is -0.981. The summed E-state index contributed by atoms with van der Waals surface area (Å²) in [5.41, 5.74) is 0.546. The highest BCUT2D eigenvalue weighted by Crippen LogP contribution is 2.41. The summed E-state index contributed by atoms with van der Waals surface area (Å²) in [4.78, 5) is 65.7. The number of alkyl halides is 3. The van der Waals surface area contributed by atoms with Gasteiger partial charge in [-0.25, -0.2) is 14.8 Å². The van der Waals surface area contributed by atoms with E-state index in [0.717, 1.165) is 6.07 Å². The Labute approximate surface area is 372 Å². The minimum Gasteiger partial charge on any atom is -0.453 e. The number of anilines is 2. The molecule has 2 aliphatic rings. The zero-order valence-corrected chi connectivity index (χ0v) is 36.8. The van der Waals surface area contributed by atoms with Crippen LogP contribution in [0.1, 0.15) is 69.2 Å². The normalized spacial score (nSPS) is 17.5. The molecule has 0 radical (unpaired) electrons. The average Bonchev–Trinajstić information content (AvgIpc) is 3.83. The summed E-state index contributed by atoms with van der Waals surface area (Å²) in [6, 6.07) is 10.3. The molecule has 2 aromatic heterocycles. The number of carbonyl (C=O) groups is 4. The van der Waals surface area contributed by atoms with Gasteiger partial charge in [-0.2, -0.15) is 0 Å². The third-order valence-corrected chi connectivity index (χ3v) is 11.3. The van der Waals surface area contributed by atoms with Crippen molar-refractivity contribution in [1.82, 2.24) is 30.5 Å². The molecule has 2 aliphatic heterocycles. The minimum absolute atomic E-state index is 0.0428. The lowest BCUT2D eigenvalue weighted by Crippen LogP contribution is -2.53. The molecule has 0 saturated carbocycles. The summed E-state index contributed by atoms with van der Waals surface area (Å²) in [6.45, 7) is 9.55. The number of nitrogens with zero attached hydrogens (tertiary/aromatic N) is 3. The Morgan fingerprint density at radius 1 is 1.00 bits per heavy atom. The van der Waals surface area contributed by atoms with E-state index >= 15 is 0 Å². The van der Waals surface area contributed by atoms with Crippen molar-refractivity contribution in [3.05, 3.63) is 76.3 Å². The zero-order valence-electron chi connectivity index (χ0n) is 35.3. The lowest BCUT2D eigenvalue weighted by Gasteiger charge is -2.34. The van der Waals surface area contributed by atoms with Gasteiger partial charge in [-0.1, -0.05) is 75.2 Å². The maximum absolute atomic E-state index is 14.1. The molecule has 4 heterocycles. The Morgan fingerprint density at radius 3 is 2.33 bits per heavy atom. The highest BCUT2D eigenvalue weighted by atomic mass is 35.5. The Kier molecular flexibility index (Phi) is 14.8. The van der Waals surface area contributed by atoms with Crippen LogP contribution in [0.4, 0.5) is 29.5 Å². The SMILES string of the molecule is COC(=O)N[C@H](C(=O)N1C[C@@H](C)C[C@H]1c1nc(-c2ccc(-c3cc(Cl)c(C(=O)Nc4ccc(NCCNC(=O)C(C)(C)C)nc4)cc3OC(F)(F)F)cc2)c(Cl)[nH]1)C1CCOCC1. The molecule has 0 unspecified atom stereocenters. The van der Waals surface area contributed by atoms with Crippen LogP contribution < -0.4 is 26.0 Å². The summed E-state index contributed by atoms with van der Waals surface area (Å²) in [7, 11) is 1.24. The van der Waals surface area contributed by atoms with Crippen LogP contribution >= 0.6 is 23.2 Å². The summed E-state index contributed by atoms with van der Waals surface area (Å²) in [6.07, 6.45) is -2.70. The first kappa shape index (κ1) is 46.9. The number of aromatic nitrogens is 3. The van der Waals surface area contributed by atoms with Crippen LogP contribution in [-0.4, -0.2) is 96.0 Å². The van der Waals surface area contributed by atoms with Crippen LogP contribution in [0.15, 0.2) is 54.7 Å². The number of ether oxygens (including phenoxy) is 3. The van der Waals surface area contributed by atoms with E-state index < -0.39 is 41.6 Å². The largest absolute Gasteiger partial charge is 0.573 e. The molecule has 63 heavy (non-hydrogen) atoms. The van der Waals surface area contributed by atoms with Gasteiger partial charge in [0.15, 0.2) is 0 Å². The number of carbonyl (C=O) groups excluding carboxylic acids is 4. The first-order valence-corrected chi connectivity index (χ1v) is 21.0. The van der Waals surface area contributed by atoms with Crippen LogP contribution in [0.25, 0.3) is 22.4 Å². The summed E-state index contributed by atoms with van der Waals surface area (Å²) in [5, 5.41) is 11.2. The van der Waals surface area contributed by atoms with Gasteiger partial charge in [-0.15, -0.1) is 13.2 Å². The Bertz CT molecular complexity index is 2280. The number of halogens is 5. The van der Waals surface area contributed by atoms with Crippen LogP contribution in [-0.2, 0) is 19.1 Å². The van der Waals surface area contributed by atoms with Gasteiger partial charge in [-0.3, -0.25) is 14.4 Å². The molecular formula is C43H49Cl2F3N8O7. The summed E-state index contributed by atoms with van der Waals surface area (Å²) < 4.78 is 56.0. The molecule has 20 heteroatoms. The Morgan fingerprint density at radius 2 is 1.70 bits per heavy atom. The lowest BCUT2D eigenvalue weighted by molar-refractivity contribution is -0.274. The second kappa shape index (κ2) is 19.8. The van der Waals surface area contributed by atoms with E-state index in [4.69, 9.17) is 37.7 Å². The first-order valence-electron chi connectivity index (χ1n) is 20.3. The number of pyridine rings is 1. The Hall–Kier alpha value is -5.59. The van der Waals surface area contributed by atoms with Crippen molar-refractivity contribution in [1.29, 1.82) is 0 Å². The van der Waals surface area contributed by atoms with Crippen molar-refractivity contribution in [3.8, 4) is 28.1 Å². The van der Waals surface area contributed by atoms with Gasteiger partial charge in [0.1, 0.15) is 34.3 Å². The molecule has 0 spiro atoms. The molecule has 15 nitrogen and oxygen atoms in total. The Balaban J connectivity index is 1.18. The number of H-pyrrole nitrogens is 1. The van der Waals surface area contributed by atoms with Crippen molar-refractivity contribution in [2.75, 3.05) is 50.6 Å². The number of methoxy groups -OCH3 is 1. The van der Waals surface area contributed by atoms with E-state index in [2.05, 4.69) is 36.0 Å². The summed E-state index contributed by atoms with van der Waals surface area (Å²) >= 11 is 13.2. The number of hydrogen-bond donors (Lipinski definition) is 5. The molecule has 4 aromatic rings. The number of hydrogen-bond acceptors (Lipinski definition) is 10. The van der Waals surface area contributed by atoms with Gasteiger partial charge in [0.2, 0.25) is 11.8 Å². The van der Waals surface area contributed by atoms with Crippen LogP contribution in [0.2, 0.25) is 10.2 Å². The van der Waals surface area contributed by atoms with E-state index in [0.29, 0.717) is 75.0 Å². The second-order valence-corrected chi connectivity index (χ2v) is 17.3. The number of alkyl carbamates (subject to hydrolysis) is 1. The van der Waals surface area contributed by atoms with Gasteiger partial charge < -0.3 is 45.4 Å². The van der Waals surface area contributed by atoms with Gasteiger partial charge in [0.25, 0.3) is 5.91 Å². The molecular weight excluding hydrogens is 868 g/mol. The predicted octanol–water partition coefficient (Wildman–Crippen LogP) is 8.23. The fourth-order valence-electron chi connectivity index (χ4n) is 7.43. The molecule has 4 amide bonds. The molecule has 0 bridgehead atoms. The quantitative estimate of drug-likeness (QED) is 0.0818. The number of aromatic amines is 1. The van der Waals surface area contributed by atoms with E-state index in [1.54, 1.807) is 41.3 Å². The molecule has 3 atom stereocenters. The monoisotopic (exact) mass is 916 g/mol. The number of rotatable bonds is 13. The number of benzene rings is 2. The van der Waals surface area contributed by atoms with Crippen molar-refractivity contribution < 1.29 is 46.6 Å². The van der Waals surface area contributed by atoms with E-state index in [1.165, 1.54) is 19.4 Å². The lowest BCUT2D eigenvalue weighted by atomic mass is 9.90. The third kappa shape index (κ3) is 11.9. The third-order valence-electron chi connectivity index (χ3n) is 10.7. The number of likely N-dealkylation sites (tertiary alicyclic amines) is 1. The smallest absolute Gasteiger partial charge is 0.453 e. The molecule has 2 aromatic carbocycles. The average molecular weight is 918 g/mol. The van der Waals surface area contributed by atoms with Crippen molar-refractivity contribution in [2.45, 2.75) is 65.4 Å². The van der Waals surface area contributed by atoms with Gasteiger partial charge in [-0.05, 0) is 60.9 Å². The van der Waals surface area contributed by atoms with E-state index in [1.807, 2.05) is 27.7 Å². The maximum Gasteiger partial charge on any atom is 0.573 e. The minimum atomic E-state index is -5.11. The topological polar surface area (TPSA) is 189 Å². The van der Waals surface area contributed by atoms with Crippen molar-refractivity contribution >= 4 is 58.5 Å². The van der Waals surface area contributed by atoms with E-state index in [9.17, 15) is 32.3 Å². The second-order valence-electron chi connectivity index (χ2n) is 16.5. The molecule has 6 rings (SSSR count). The number of nitrogens with one attached hydrogen (secondary N) is 5. The molecule has 0 aliphatic carbocycles. The fourth-order valence-corrected chi connectivity index (χ4v) is 7.93.